The number of hydrogen-bond donors (Lipinski definition) is 2. The Morgan fingerprint density at radius 2 is 2.36 bits per heavy atom. The maximum absolute atomic E-state index is 11.2. The number of thiophene rings is 1. The van der Waals surface area contributed by atoms with Gasteiger partial charge in [0.1, 0.15) is 5.92 Å². The van der Waals surface area contributed by atoms with Gasteiger partial charge in [-0.25, -0.2) is 0 Å². The number of carbonyl (C=O) groups is 2. The highest BCUT2D eigenvalue weighted by Crippen LogP contribution is 2.07. The van der Waals surface area contributed by atoms with Crippen LogP contribution in [0.25, 0.3) is 0 Å². The highest BCUT2D eigenvalue weighted by atomic mass is 32.1. The molecule has 1 heterocycles. The van der Waals surface area contributed by atoms with Crippen molar-refractivity contribution in [3.8, 4) is 0 Å². The average molecular weight is 213 g/mol. The summed E-state index contributed by atoms with van der Waals surface area (Å²) in [5.74, 6) is -2.55. The fraction of sp³-hybridized carbons (Fsp3) is 0.333. The van der Waals surface area contributed by atoms with E-state index in [1.807, 2.05) is 17.5 Å². The molecule has 1 aromatic heterocycles. The molecule has 5 heteroatoms. The van der Waals surface area contributed by atoms with E-state index in [1.165, 1.54) is 18.3 Å². The van der Waals surface area contributed by atoms with Gasteiger partial charge in [0, 0.05) is 4.88 Å². The first-order valence-electron chi connectivity index (χ1n) is 4.14. The lowest BCUT2D eigenvalue weighted by Crippen LogP contribution is -2.32. The van der Waals surface area contributed by atoms with Gasteiger partial charge >= 0.3 is 5.97 Å². The van der Waals surface area contributed by atoms with Crippen LogP contribution in [0.2, 0.25) is 0 Å². The van der Waals surface area contributed by atoms with Crippen molar-refractivity contribution < 1.29 is 14.7 Å². The minimum Gasteiger partial charge on any atom is -0.481 e. The van der Waals surface area contributed by atoms with Crippen molar-refractivity contribution in [1.82, 2.24) is 5.32 Å². The number of rotatable bonds is 4. The molecule has 0 aliphatic rings. The number of nitrogens with one attached hydrogen (secondary N) is 1. The molecule has 0 fully saturated rings. The van der Waals surface area contributed by atoms with Crippen molar-refractivity contribution >= 4 is 23.2 Å². The number of aliphatic carboxylic acids is 1. The Hall–Kier alpha value is -1.36. The predicted octanol–water partition coefficient (Wildman–Crippen LogP) is 1.08. The first-order valence-corrected chi connectivity index (χ1v) is 5.02. The first-order chi connectivity index (χ1) is 6.61. The molecular weight excluding hydrogens is 202 g/mol. The summed E-state index contributed by atoms with van der Waals surface area (Å²) in [5, 5.41) is 13.0. The fourth-order valence-corrected chi connectivity index (χ4v) is 1.50. The Balaban J connectivity index is 2.39. The van der Waals surface area contributed by atoms with Gasteiger partial charge in [0.25, 0.3) is 0 Å². The zero-order chi connectivity index (χ0) is 10.6. The zero-order valence-corrected chi connectivity index (χ0v) is 8.50. The summed E-state index contributed by atoms with van der Waals surface area (Å²) in [7, 11) is 0. The Morgan fingerprint density at radius 1 is 1.64 bits per heavy atom. The van der Waals surface area contributed by atoms with Gasteiger partial charge < -0.3 is 10.4 Å². The predicted molar refractivity (Wildman–Crippen MR) is 53.0 cm³/mol. The van der Waals surface area contributed by atoms with Crippen molar-refractivity contribution in [2.75, 3.05) is 0 Å². The standard InChI is InChI=1S/C9H11NO3S/c1-6(9(12)13)8(11)10-5-7-3-2-4-14-7/h2-4,6H,5H2,1H3,(H,10,11)(H,12,13). The largest absolute Gasteiger partial charge is 0.481 e. The lowest BCUT2D eigenvalue weighted by molar-refractivity contribution is -0.146. The van der Waals surface area contributed by atoms with Crippen LogP contribution in [0, 0.1) is 5.92 Å². The lowest BCUT2D eigenvalue weighted by Gasteiger charge is -2.06. The summed E-state index contributed by atoms with van der Waals surface area (Å²) in [6.45, 7) is 1.76. The number of amides is 1. The molecule has 0 radical (unpaired) electrons. The van der Waals surface area contributed by atoms with E-state index in [0.717, 1.165) is 4.88 Å². The molecule has 0 spiro atoms. The van der Waals surface area contributed by atoms with E-state index in [1.54, 1.807) is 0 Å². The molecule has 1 aromatic rings. The van der Waals surface area contributed by atoms with Crippen molar-refractivity contribution in [3.05, 3.63) is 22.4 Å². The molecule has 0 aliphatic heterocycles. The van der Waals surface area contributed by atoms with E-state index in [0.29, 0.717) is 6.54 Å². The summed E-state index contributed by atoms with van der Waals surface area (Å²) >= 11 is 1.52. The molecule has 0 saturated heterocycles. The van der Waals surface area contributed by atoms with Gasteiger partial charge in [-0.2, -0.15) is 0 Å². The second-order valence-electron chi connectivity index (χ2n) is 2.86. The highest BCUT2D eigenvalue weighted by molar-refractivity contribution is 7.09. The van der Waals surface area contributed by atoms with E-state index < -0.39 is 17.8 Å². The number of carbonyl (C=O) groups excluding carboxylic acids is 1. The summed E-state index contributed by atoms with van der Waals surface area (Å²) in [6, 6.07) is 3.77. The van der Waals surface area contributed by atoms with Gasteiger partial charge in [0.05, 0.1) is 6.54 Å². The van der Waals surface area contributed by atoms with Crippen LogP contribution in [0.3, 0.4) is 0 Å². The lowest BCUT2D eigenvalue weighted by atomic mass is 10.2. The first kappa shape index (κ1) is 10.7. The van der Waals surface area contributed by atoms with Crippen molar-refractivity contribution in [3.63, 3.8) is 0 Å². The fourth-order valence-electron chi connectivity index (χ4n) is 0.853. The van der Waals surface area contributed by atoms with E-state index in [-0.39, 0.29) is 0 Å². The Bertz CT molecular complexity index is 321. The Labute approximate surface area is 85.6 Å². The monoisotopic (exact) mass is 213 g/mol. The van der Waals surface area contributed by atoms with Gasteiger partial charge in [-0.3, -0.25) is 9.59 Å². The van der Waals surface area contributed by atoms with Crippen LogP contribution in [0.1, 0.15) is 11.8 Å². The maximum atomic E-state index is 11.2. The Kier molecular flexibility index (Phi) is 3.64. The van der Waals surface area contributed by atoms with Crippen LogP contribution in [-0.4, -0.2) is 17.0 Å². The van der Waals surface area contributed by atoms with Gasteiger partial charge in [-0.15, -0.1) is 11.3 Å². The number of carboxylic acids is 1. The third-order valence-corrected chi connectivity index (χ3v) is 2.66. The summed E-state index contributed by atoms with van der Waals surface area (Å²) in [6.07, 6.45) is 0. The molecular formula is C9H11NO3S. The van der Waals surface area contributed by atoms with Gasteiger partial charge in [-0.1, -0.05) is 6.07 Å². The van der Waals surface area contributed by atoms with Crippen LogP contribution in [0.15, 0.2) is 17.5 Å². The zero-order valence-electron chi connectivity index (χ0n) is 7.69. The normalized spacial score (nSPS) is 12.1. The second kappa shape index (κ2) is 4.76. The van der Waals surface area contributed by atoms with Crippen molar-refractivity contribution in [2.24, 2.45) is 5.92 Å². The maximum Gasteiger partial charge on any atom is 0.315 e. The van der Waals surface area contributed by atoms with Gasteiger partial charge in [0.2, 0.25) is 5.91 Å². The van der Waals surface area contributed by atoms with E-state index >= 15 is 0 Å². The van der Waals surface area contributed by atoms with Crippen LogP contribution >= 0.6 is 11.3 Å². The molecule has 14 heavy (non-hydrogen) atoms. The molecule has 0 bridgehead atoms. The third kappa shape index (κ3) is 2.85. The quantitative estimate of drug-likeness (QED) is 0.736. The molecule has 0 saturated carbocycles. The molecule has 0 aliphatic carbocycles. The smallest absolute Gasteiger partial charge is 0.315 e. The van der Waals surface area contributed by atoms with Crippen LogP contribution in [0.5, 0.6) is 0 Å². The van der Waals surface area contributed by atoms with E-state index in [2.05, 4.69) is 5.32 Å². The molecule has 1 unspecified atom stereocenters. The van der Waals surface area contributed by atoms with Crippen molar-refractivity contribution in [2.45, 2.75) is 13.5 Å². The molecule has 76 valence electrons. The van der Waals surface area contributed by atoms with Gasteiger partial charge in [0.15, 0.2) is 0 Å². The topological polar surface area (TPSA) is 66.4 Å². The minimum absolute atomic E-state index is 0.397. The molecule has 0 aromatic carbocycles. The third-order valence-electron chi connectivity index (χ3n) is 1.78. The van der Waals surface area contributed by atoms with E-state index in [4.69, 9.17) is 5.11 Å². The van der Waals surface area contributed by atoms with Gasteiger partial charge in [-0.05, 0) is 18.4 Å². The van der Waals surface area contributed by atoms with Crippen LogP contribution in [-0.2, 0) is 16.1 Å². The highest BCUT2D eigenvalue weighted by Gasteiger charge is 2.19. The molecule has 4 nitrogen and oxygen atoms in total. The number of carboxylic acid groups (broad SMARTS) is 1. The SMILES string of the molecule is CC(C(=O)O)C(=O)NCc1cccs1. The van der Waals surface area contributed by atoms with E-state index in [9.17, 15) is 9.59 Å². The molecule has 1 amide bonds. The minimum atomic E-state index is -1.10. The summed E-state index contributed by atoms with van der Waals surface area (Å²) in [4.78, 5) is 22.6. The van der Waals surface area contributed by atoms with Crippen LogP contribution < -0.4 is 5.32 Å². The average Bonchev–Trinajstić information content (AvgIpc) is 2.65. The molecule has 1 rings (SSSR count). The molecule has 2 N–H and O–H groups in total. The Morgan fingerprint density at radius 3 is 2.86 bits per heavy atom. The second-order valence-corrected chi connectivity index (χ2v) is 3.89. The summed E-state index contributed by atoms with van der Waals surface area (Å²) < 4.78 is 0. The van der Waals surface area contributed by atoms with Crippen LogP contribution in [0.4, 0.5) is 0 Å². The molecule has 1 atom stereocenters. The van der Waals surface area contributed by atoms with Crippen molar-refractivity contribution in [1.29, 1.82) is 0 Å². The summed E-state index contributed by atoms with van der Waals surface area (Å²) in [5.41, 5.74) is 0. The number of hydrogen-bond acceptors (Lipinski definition) is 3.